The number of nitrogens with two attached hydrogens (primary N) is 2. The molecule has 37 heavy (non-hydrogen) atoms. The van der Waals surface area contributed by atoms with Crippen molar-refractivity contribution in [2.24, 2.45) is 17.4 Å². The van der Waals surface area contributed by atoms with Gasteiger partial charge in [-0.25, -0.2) is 15.0 Å². The molecular formula is C28H24N8O. The molecule has 3 atom stereocenters. The molecule has 0 bridgehead atoms. The molecule has 2 aliphatic carbocycles. The molecule has 6 N–H and O–H groups in total. The van der Waals surface area contributed by atoms with Crippen LogP contribution >= 0.6 is 0 Å². The average molecular weight is 489 g/mol. The number of nitrogens with zero attached hydrogens (tertiary/aromatic N) is 4. The molecule has 2 aliphatic rings. The van der Waals surface area contributed by atoms with Gasteiger partial charge in [-0.3, -0.25) is 9.78 Å². The molecule has 1 fully saturated rings. The van der Waals surface area contributed by atoms with Crippen LogP contribution in [0.3, 0.4) is 0 Å². The van der Waals surface area contributed by atoms with E-state index in [-0.39, 0.29) is 23.9 Å². The van der Waals surface area contributed by atoms with E-state index < -0.39 is 0 Å². The van der Waals surface area contributed by atoms with Crippen molar-refractivity contribution < 1.29 is 4.79 Å². The number of pyridine rings is 2. The fraction of sp³-hybridized carbons (Fsp3) is 0.179. The average Bonchev–Trinajstić information content (AvgIpc) is 3.42. The molecule has 0 spiro atoms. The lowest BCUT2D eigenvalue weighted by molar-refractivity contribution is -0.121. The van der Waals surface area contributed by atoms with Gasteiger partial charge in [0.15, 0.2) is 5.82 Å². The summed E-state index contributed by atoms with van der Waals surface area (Å²) < 4.78 is 0. The molecule has 7 rings (SSSR count). The van der Waals surface area contributed by atoms with Crippen molar-refractivity contribution in [3.05, 3.63) is 72.7 Å². The second-order valence-electron chi connectivity index (χ2n) is 9.70. The molecule has 0 aliphatic heterocycles. The standard InChI is InChI=1S/C28H24N8O/c29-20-11-15(10-18(20)25(30)37)33-28-24-19(14-4-3-5-14)12-31-13-22(24)35-26(36-28)17-8-9-32-27-23(17)16-6-1-2-7-21(16)34-27/h1-9,12-13,15,18,20H,10-11,29H2,(H2,30,37)(H,32,34)(H,33,35,36). The smallest absolute Gasteiger partial charge is 0.222 e. The first kappa shape index (κ1) is 21.6. The lowest BCUT2D eigenvalue weighted by Crippen LogP contribution is -2.34. The maximum Gasteiger partial charge on any atom is 0.222 e. The Morgan fingerprint density at radius 1 is 1.05 bits per heavy atom. The summed E-state index contributed by atoms with van der Waals surface area (Å²) in [6.45, 7) is 0. The number of aromatic nitrogens is 5. The Bertz CT molecular complexity index is 1790. The van der Waals surface area contributed by atoms with Gasteiger partial charge >= 0.3 is 0 Å². The second-order valence-corrected chi connectivity index (χ2v) is 9.70. The summed E-state index contributed by atoms with van der Waals surface area (Å²) in [4.78, 5) is 34.4. The summed E-state index contributed by atoms with van der Waals surface area (Å²) in [5.41, 5.74) is 17.3. The predicted molar refractivity (Wildman–Crippen MR) is 144 cm³/mol. The van der Waals surface area contributed by atoms with E-state index in [0.717, 1.165) is 49.5 Å². The molecular weight excluding hydrogens is 464 g/mol. The largest absolute Gasteiger partial charge is 0.369 e. The fourth-order valence-electron chi connectivity index (χ4n) is 5.56. The van der Waals surface area contributed by atoms with Gasteiger partial charge in [0.05, 0.1) is 23.0 Å². The number of hydrogen-bond acceptors (Lipinski definition) is 7. The van der Waals surface area contributed by atoms with Gasteiger partial charge in [-0.2, -0.15) is 0 Å². The molecule has 4 heterocycles. The zero-order valence-corrected chi connectivity index (χ0v) is 19.8. The quantitative estimate of drug-likeness (QED) is 0.295. The van der Waals surface area contributed by atoms with Crippen LogP contribution in [0.5, 0.6) is 0 Å². The van der Waals surface area contributed by atoms with E-state index in [1.807, 2.05) is 48.7 Å². The molecule has 1 amide bonds. The Labute approximate surface area is 211 Å². The van der Waals surface area contributed by atoms with Gasteiger partial charge in [0.2, 0.25) is 5.91 Å². The maximum atomic E-state index is 11.9. The monoisotopic (exact) mass is 488 g/mol. The number of carbonyl (C=O) groups is 1. The summed E-state index contributed by atoms with van der Waals surface area (Å²) in [5.74, 6) is 0.524. The Morgan fingerprint density at radius 3 is 2.70 bits per heavy atom. The van der Waals surface area contributed by atoms with E-state index in [4.69, 9.17) is 21.4 Å². The van der Waals surface area contributed by atoms with Crippen molar-refractivity contribution in [2.75, 3.05) is 5.32 Å². The number of allylic oxidation sites excluding steroid dienone is 4. The van der Waals surface area contributed by atoms with Crippen LogP contribution in [0.25, 0.3) is 49.8 Å². The third kappa shape index (κ3) is 3.47. The highest BCUT2D eigenvalue weighted by atomic mass is 16.1. The number of nitrogens with one attached hydrogen (secondary N) is 2. The Balaban J connectivity index is 1.43. The number of aromatic amines is 1. The van der Waals surface area contributed by atoms with Crippen LogP contribution in [0.2, 0.25) is 0 Å². The summed E-state index contributed by atoms with van der Waals surface area (Å²) in [5, 5.41) is 6.50. The van der Waals surface area contributed by atoms with Crippen molar-refractivity contribution in [2.45, 2.75) is 24.9 Å². The van der Waals surface area contributed by atoms with Crippen molar-refractivity contribution in [3.63, 3.8) is 0 Å². The van der Waals surface area contributed by atoms with E-state index in [0.29, 0.717) is 24.5 Å². The first-order valence-corrected chi connectivity index (χ1v) is 12.3. The van der Waals surface area contributed by atoms with Crippen LogP contribution in [0.1, 0.15) is 18.4 Å². The number of fused-ring (bicyclic) bond motifs is 4. The summed E-state index contributed by atoms with van der Waals surface area (Å²) >= 11 is 0. The van der Waals surface area contributed by atoms with Crippen LogP contribution in [-0.2, 0) is 4.79 Å². The number of primary amides is 1. The third-order valence-corrected chi connectivity index (χ3v) is 7.43. The van der Waals surface area contributed by atoms with Gasteiger partial charge < -0.3 is 21.8 Å². The number of hydrogen-bond donors (Lipinski definition) is 4. The van der Waals surface area contributed by atoms with Gasteiger partial charge in [-0.05, 0) is 30.5 Å². The van der Waals surface area contributed by atoms with Gasteiger partial charge in [0.1, 0.15) is 11.5 Å². The van der Waals surface area contributed by atoms with Crippen molar-refractivity contribution >= 4 is 50.1 Å². The number of anilines is 1. The Kier molecular flexibility index (Phi) is 4.80. The van der Waals surface area contributed by atoms with E-state index in [9.17, 15) is 4.79 Å². The fourth-order valence-corrected chi connectivity index (χ4v) is 5.56. The molecule has 1 aromatic carbocycles. The second kappa shape index (κ2) is 8.21. The van der Waals surface area contributed by atoms with Crippen molar-refractivity contribution in [3.8, 4) is 11.4 Å². The highest BCUT2D eigenvalue weighted by Gasteiger charge is 2.36. The summed E-state index contributed by atoms with van der Waals surface area (Å²) in [7, 11) is 0. The topological polar surface area (TPSA) is 148 Å². The zero-order chi connectivity index (χ0) is 25.1. The number of benzene rings is 1. The first-order chi connectivity index (χ1) is 18.1. The number of amides is 1. The molecule has 5 aromatic rings. The number of H-pyrrole nitrogens is 1. The third-order valence-electron chi connectivity index (χ3n) is 7.43. The molecule has 3 unspecified atom stereocenters. The molecule has 4 aromatic heterocycles. The minimum absolute atomic E-state index is 0.0454. The van der Waals surface area contributed by atoms with Gasteiger partial charge in [-0.1, -0.05) is 36.4 Å². The number of para-hydroxylation sites is 1. The SMILES string of the molecule is NC(=O)C1CC(Nc2nc(-c3ccnc4[nH]c5ccccc5c34)nc3cncc(C4=CC=C4)c23)CC1N. The van der Waals surface area contributed by atoms with Gasteiger partial charge in [-0.15, -0.1) is 0 Å². The number of carbonyl (C=O) groups excluding carboxylic acids is 1. The van der Waals surface area contributed by atoms with Gasteiger partial charge in [0, 0.05) is 51.9 Å². The number of rotatable bonds is 5. The Hall–Kier alpha value is -4.63. The van der Waals surface area contributed by atoms with E-state index in [1.54, 1.807) is 12.4 Å². The molecule has 9 heteroatoms. The van der Waals surface area contributed by atoms with Crippen molar-refractivity contribution in [1.29, 1.82) is 0 Å². The first-order valence-electron chi connectivity index (χ1n) is 12.3. The predicted octanol–water partition coefficient (Wildman–Crippen LogP) is 3.68. The molecule has 0 radical (unpaired) electrons. The van der Waals surface area contributed by atoms with E-state index in [2.05, 4.69) is 26.3 Å². The highest BCUT2D eigenvalue weighted by Crippen LogP contribution is 2.38. The molecule has 9 nitrogen and oxygen atoms in total. The maximum absolute atomic E-state index is 11.9. The summed E-state index contributed by atoms with van der Waals surface area (Å²) in [6.07, 6.45) is 12.6. The van der Waals surface area contributed by atoms with E-state index in [1.165, 1.54) is 0 Å². The molecule has 182 valence electrons. The van der Waals surface area contributed by atoms with E-state index >= 15 is 0 Å². The normalized spacial score (nSPS) is 20.9. The van der Waals surface area contributed by atoms with Crippen LogP contribution in [0.15, 0.2) is 67.2 Å². The molecule has 0 saturated heterocycles. The Morgan fingerprint density at radius 2 is 1.92 bits per heavy atom. The molecule has 1 saturated carbocycles. The van der Waals surface area contributed by atoms with Crippen LogP contribution < -0.4 is 16.8 Å². The highest BCUT2D eigenvalue weighted by molar-refractivity contribution is 6.12. The van der Waals surface area contributed by atoms with Crippen molar-refractivity contribution in [1.82, 2.24) is 24.9 Å². The minimum atomic E-state index is -0.366. The van der Waals surface area contributed by atoms with Crippen LogP contribution in [0, 0.1) is 5.92 Å². The minimum Gasteiger partial charge on any atom is -0.369 e. The zero-order valence-electron chi connectivity index (χ0n) is 19.8. The lowest BCUT2D eigenvalue weighted by Gasteiger charge is -2.19. The van der Waals surface area contributed by atoms with Crippen LogP contribution in [0.4, 0.5) is 5.82 Å². The lowest BCUT2D eigenvalue weighted by atomic mass is 9.97. The van der Waals surface area contributed by atoms with Crippen LogP contribution in [-0.4, -0.2) is 42.9 Å². The summed E-state index contributed by atoms with van der Waals surface area (Å²) in [6, 6.07) is 9.71. The van der Waals surface area contributed by atoms with Gasteiger partial charge in [0.25, 0.3) is 0 Å².